The molecule has 25 heavy (non-hydrogen) atoms. The molecule has 0 amide bonds. The molecule has 128 valence electrons. The number of hydrogen-bond acceptors (Lipinski definition) is 5. The van der Waals surface area contributed by atoms with Crippen molar-refractivity contribution in [2.75, 3.05) is 13.2 Å². The Balaban J connectivity index is 1.54. The molecule has 1 heterocycles. The van der Waals surface area contributed by atoms with Crippen LogP contribution < -0.4 is 10.3 Å². The zero-order valence-corrected chi connectivity index (χ0v) is 13.2. The lowest BCUT2D eigenvalue weighted by molar-refractivity contribution is 0.0480. The van der Waals surface area contributed by atoms with Gasteiger partial charge in [0, 0.05) is 11.8 Å². The van der Waals surface area contributed by atoms with Crippen LogP contribution in [0.3, 0.4) is 0 Å². The Labute approximate surface area is 142 Å². The fourth-order valence-electron chi connectivity index (χ4n) is 2.28. The minimum absolute atomic E-state index is 0.0645. The van der Waals surface area contributed by atoms with E-state index in [1.54, 1.807) is 24.3 Å². The number of fused-ring (bicyclic) bond motifs is 1. The van der Waals surface area contributed by atoms with Crippen LogP contribution in [0.2, 0.25) is 0 Å². The maximum Gasteiger partial charge on any atom is 0.359 e. The molecule has 2 aromatic carbocycles. The Kier molecular flexibility index (Phi) is 5.03. The summed E-state index contributed by atoms with van der Waals surface area (Å²) < 4.78 is 23.4. The first-order valence-corrected chi connectivity index (χ1v) is 7.68. The van der Waals surface area contributed by atoms with Gasteiger partial charge in [0.05, 0.1) is 18.6 Å². The Morgan fingerprint density at radius 1 is 1.04 bits per heavy atom. The third kappa shape index (κ3) is 4.00. The lowest BCUT2D eigenvalue weighted by Gasteiger charge is -2.08. The van der Waals surface area contributed by atoms with E-state index in [2.05, 4.69) is 10.2 Å². The largest absolute Gasteiger partial charge is 0.493 e. The van der Waals surface area contributed by atoms with E-state index in [0.717, 1.165) is 0 Å². The van der Waals surface area contributed by atoms with Crippen molar-refractivity contribution in [1.82, 2.24) is 10.2 Å². The molecule has 0 bridgehead atoms. The van der Waals surface area contributed by atoms with Gasteiger partial charge in [-0.15, -0.1) is 0 Å². The molecule has 0 spiro atoms. The number of carbonyl (C=O) groups excluding carboxylic acids is 1. The first kappa shape index (κ1) is 16.6. The average Bonchev–Trinajstić information content (AvgIpc) is 2.63. The van der Waals surface area contributed by atoms with E-state index in [9.17, 15) is 14.0 Å². The van der Waals surface area contributed by atoms with Gasteiger partial charge in [-0.25, -0.2) is 14.3 Å². The van der Waals surface area contributed by atoms with Crippen LogP contribution in [-0.2, 0) is 4.74 Å². The Hall–Kier alpha value is -3.22. The predicted molar refractivity (Wildman–Crippen MR) is 89.2 cm³/mol. The molecule has 0 atom stereocenters. The molecule has 0 saturated carbocycles. The molecular formula is C18H15FN2O4. The van der Waals surface area contributed by atoms with Crippen LogP contribution in [0.15, 0.2) is 53.3 Å². The van der Waals surface area contributed by atoms with Crippen molar-refractivity contribution in [1.29, 1.82) is 0 Å². The maximum absolute atomic E-state index is 12.8. The van der Waals surface area contributed by atoms with Crippen molar-refractivity contribution in [3.63, 3.8) is 0 Å². The van der Waals surface area contributed by atoms with Crippen LogP contribution in [0.4, 0.5) is 4.39 Å². The molecule has 0 fully saturated rings. The third-order valence-corrected chi connectivity index (χ3v) is 3.49. The summed E-state index contributed by atoms with van der Waals surface area (Å²) in [4.78, 5) is 23.8. The number of halogens is 1. The molecule has 7 heteroatoms. The van der Waals surface area contributed by atoms with E-state index >= 15 is 0 Å². The summed E-state index contributed by atoms with van der Waals surface area (Å²) in [6, 6.07) is 12.4. The third-order valence-electron chi connectivity index (χ3n) is 3.49. The van der Waals surface area contributed by atoms with Crippen molar-refractivity contribution in [3.8, 4) is 5.75 Å². The van der Waals surface area contributed by atoms with Gasteiger partial charge >= 0.3 is 5.97 Å². The maximum atomic E-state index is 12.8. The Morgan fingerprint density at radius 2 is 1.76 bits per heavy atom. The highest BCUT2D eigenvalue weighted by atomic mass is 19.1. The molecule has 3 aromatic rings. The SMILES string of the molecule is O=C(OCCCOc1ccc(F)cc1)c1n[nH]c(=O)c2ccccc12. The minimum Gasteiger partial charge on any atom is -0.493 e. The summed E-state index contributed by atoms with van der Waals surface area (Å²) >= 11 is 0. The fraction of sp³-hybridized carbons (Fsp3) is 0.167. The van der Waals surface area contributed by atoms with Gasteiger partial charge in [0.2, 0.25) is 0 Å². The normalized spacial score (nSPS) is 10.6. The second-order valence-corrected chi connectivity index (χ2v) is 5.24. The number of nitrogens with one attached hydrogen (secondary N) is 1. The first-order chi connectivity index (χ1) is 12.1. The summed E-state index contributed by atoms with van der Waals surface area (Å²) in [6.45, 7) is 0.452. The number of aromatic amines is 1. The molecule has 6 nitrogen and oxygen atoms in total. The van der Waals surface area contributed by atoms with Crippen molar-refractivity contribution in [3.05, 3.63) is 70.4 Å². The minimum atomic E-state index is -0.616. The second-order valence-electron chi connectivity index (χ2n) is 5.24. The lowest BCUT2D eigenvalue weighted by atomic mass is 10.1. The van der Waals surface area contributed by atoms with Gasteiger partial charge in [-0.05, 0) is 30.3 Å². The topological polar surface area (TPSA) is 81.3 Å². The Morgan fingerprint density at radius 3 is 2.52 bits per heavy atom. The highest BCUT2D eigenvalue weighted by molar-refractivity contribution is 6.01. The summed E-state index contributed by atoms with van der Waals surface area (Å²) in [5.41, 5.74) is -0.297. The molecule has 0 aliphatic rings. The number of rotatable bonds is 6. The highest BCUT2D eigenvalue weighted by Gasteiger charge is 2.15. The van der Waals surface area contributed by atoms with Crippen LogP contribution in [0, 0.1) is 5.82 Å². The number of carbonyl (C=O) groups is 1. The van der Waals surface area contributed by atoms with Gasteiger partial charge < -0.3 is 9.47 Å². The highest BCUT2D eigenvalue weighted by Crippen LogP contribution is 2.14. The van der Waals surface area contributed by atoms with Crippen LogP contribution in [0.1, 0.15) is 16.9 Å². The van der Waals surface area contributed by atoms with Crippen LogP contribution in [-0.4, -0.2) is 29.4 Å². The number of aromatic nitrogens is 2. The van der Waals surface area contributed by atoms with Gasteiger partial charge in [0.1, 0.15) is 11.6 Å². The number of ether oxygens (including phenoxy) is 2. The quantitative estimate of drug-likeness (QED) is 0.550. The van der Waals surface area contributed by atoms with E-state index in [1.165, 1.54) is 24.3 Å². The number of H-pyrrole nitrogens is 1. The standard InChI is InChI=1S/C18H15FN2O4/c19-12-6-8-13(9-7-12)24-10-3-11-25-18(23)16-14-4-1-2-5-15(14)17(22)21-20-16/h1-2,4-9H,3,10-11H2,(H,21,22). The number of benzene rings is 2. The second kappa shape index (κ2) is 7.57. The summed E-state index contributed by atoms with van der Waals surface area (Å²) in [5, 5.41) is 6.89. The molecular weight excluding hydrogens is 327 g/mol. The van der Waals surface area contributed by atoms with Crippen LogP contribution in [0.5, 0.6) is 5.75 Å². The first-order valence-electron chi connectivity index (χ1n) is 7.68. The van der Waals surface area contributed by atoms with Gasteiger partial charge in [-0.1, -0.05) is 18.2 Å². The number of nitrogens with zero attached hydrogens (tertiary/aromatic N) is 1. The summed E-state index contributed by atoms with van der Waals surface area (Å²) in [7, 11) is 0. The molecule has 0 aliphatic heterocycles. The molecule has 3 rings (SSSR count). The zero-order valence-electron chi connectivity index (χ0n) is 13.2. The summed E-state index contributed by atoms with van der Waals surface area (Å²) in [5.74, 6) is -0.405. The molecule has 0 saturated heterocycles. The molecule has 1 aromatic heterocycles. The van der Waals surface area contributed by atoms with Gasteiger partial charge in [-0.2, -0.15) is 5.10 Å². The average molecular weight is 342 g/mol. The fourth-order valence-corrected chi connectivity index (χ4v) is 2.28. The van der Waals surface area contributed by atoms with Gasteiger partial charge in [0.25, 0.3) is 5.56 Å². The van der Waals surface area contributed by atoms with E-state index < -0.39 is 5.97 Å². The summed E-state index contributed by atoms with van der Waals surface area (Å²) in [6.07, 6.45) is 0.463. The number of hydrogen-bond donors (Lipinski definition) is 1. The molecule has 0 radical (unpaired) electrons. The van der Waals surface area contributed by atoms with E-state index in [0.29, 0.717) is 29.5 Å². The monoisotopic (exact) mass is 342 g/mol. The smallest absolute Gasteiger partial charge is 0.359 e. The van der Waals surface area contributed by atoms with E-state index in [4.69, 9.17) is 9.47 Å². The zero-order chi connectivity index (χ0) is 17.6. The lowest BCUT2D eigenvalue weighted by Crippen LogP contribution is -2.17. The van der Waals surface area contributed by atoms with Crippen LogP contribution >= 0.6 is 0 Å². The molecule has 0 unspecified atom stereocenters. The van der Waals surface area contributed by atoms with Crippen molar-refractivity contribution < 1.29 is 18.7 Å². The number of esters is 1. The van der Waals surface area contributed by atoms with Crippen molar-refractivity contribution in [2.45, 2.75) is 6.42 Å². The molecule has 0 aliphatic carbocycles. The van der Waals surface area contributed by atoms with Gasteiger partial charge in [-0.3, -0.25) is 4.79 Å². The Bertz CT molecular complexity index is 938. The predicted octanol–water partition coefficient (Wildman–Crippen LogP) is 2.69. The molecule has 1 N–H and O–H groups in total. The van der Waals surface area contributed by atoms with E-state index in [1.807, 2.05) is 0 Å². The van der Waals surface area contributed by atoms with Crippen LogP contribution in [0.25, 0.3) is 10.8 Å². The van der Waals surface area contributed by atoms with Crippen molar-refractivity contribution in [2.24, 2.45) is 0 Å². The van der Waals surface area contributed by atoms with Crippen molar-refractivity contribution >= 4 is 16.7 Å². The van der Waals surface area contributed by atoms with E-state index in [-0.39, 0.29) is 23.7 Å². The van der Waals surface area contributed by atoms with Gasteiger partial charge in [0.15, 0.2) is 5.69 Å².